The molecule has 1 aromatic carbocycles. The molecule has 112 valence electrons. The summed E-state index contributed by atoms with van der Waals surface area (Å²) < 4.78 is 1.42. The summed E-state index contributed by atoms with van der Waals surface area (Å²) in [5.41, 5.74) is 2.89. The van der Waals surface area contributed by atoms with Gasteiger partial charge in [0.25, 0.3) is 0 Å². The van der Waals surface area contributed by atoms with Crippen LogP contribution in [-0.4, -0.2) is 19.6 Å². The molecule has 0 spiro atoms. The zero-order valence-corrected chi connectivity index (χ0v) is 15.2. The van der Waals surface area contributed by atoms with E-state index in [4.69, 9.17) is 0 Å². The third-order valence-corrected chi connectivity index (χ3v) is 5.96. The topological polar surface area (TPSA) is 17.1 Å². The van der Waals surface area contributed by atoms with Crippen LogP contribution in [-0.2, 0) is 4.79 Å². The number of carbonyl (C=O) groups is 1. The molecule has 2 rings (SSSR count). The van der Waals surface area contributed by atoms with Crippen LogP contribution in [0.5, 0.6) is 0 Å². The van der Waals surface area contributed by atoms with E-state index in [0.29, 0.717) is 11.8 Å². The molecule has 0 radical (unpaired) electrons. The van der Waals surface area contributed by atoms with Crippen LogP contribution in [0, 0.1) is 17.3 Å². The summed E-state index contributed by atoms with van der Waals surface area (Å²) in [6.45, 7) is 11.0. The van der Waals surface area contributed by atoms with Gasteiger partial charge in [0.05, 0.1) is 0 Å². The molecule has 21 heavy (non-hydrogen) atoms. The van der Waals surface area contributed by atoms with Crippen molar-refractivity contribution < 1.29 is 4.79 Å². The first-order chi connectivity index (χ1) is 9.82. The van der Waals surface area contributed by atoms with E-state index in [9.17, 15) is 4.79 Å². The fourth-order valence-corrected chi connectivity index (χ4v) is 4.74. The van der Waals surface area contributed by atoms with Crippen LogP contribution in [0.4, 0.5) is 0 Å². The summed E-state index contributed by atoms with van der Waals surface area (Å²) in [7, 11) is 0. The molecule has 0 bridgehead atoms. The molecule has 0 saturated heterocycles. The summed E-state index contributed by atoms with van der Waals surface area (Å²) >= 11 is -0.104. The Hall–Kier alpha value is -1.11. The molecular weight excluding hydrogens is 323 g/mol. The summed E-state index contributed by atoms with van der Waals surface area (Å²) in [5.74, 6) is 1.10. The number of benzene rings is 1. The van der Waals surface area contributed by atoms with E-state index >= 15 is 0 Å². The van der Waals surface area contributed by atoms with Gasteiger partial charge < -0.3 is 0 Å². The molecule has 1 nitrogen and oxygen atoms in total. The Balaban J connectivity index is 2.05. The van der Waals surface area contributed by atoms with Crippen molar-refractivity contribution in [3.8, 4) is 0 Å². The Labute approximate surface area is 134 Å². The fourth-order valence-electron chi connectivity index (χ4n) is 3.13. The van der Waals surface area contributed by atoms with E-state index in [1.54, 1.807) is 0 Å². The molecule has 0 aromatic heterocycles. The van der Waals surface area contributed by atoms with Crippen LogP contribution in [0.15, 0.2) is 53.6 Å². The summed E-state index contributed by atoms with van der Waals surface area (Å²) in [5, 5.41) is 0. The van der Waals surface area contributed by atoms with Crippen molar-refractivity contribution in [2.24, 2.45) is 17.3 Å². The van der Waals surface area contributed by atoms with Crippen LogP contribution < -0.4 is 4.46 Å². The number of allylic oxidation sites excluding steroid dienone is 4. The number of rotatable bonds is 5. The van der Waals surface area contributed by atoms with E-state index in [1.807, 2.05) is 36.4 Å². The van der Waals surface area contributed by atoms with Crippen molar-refractivity contribution in [3.05, 3.63) is 53.6 Å². The Morgan fingerprint density at radius 2 is 1.76 bits per heavy atom. The Kier molecular flexibility index (Phi) is 4.91. The quantitative estimate of drug-likeness (QED) is 0.451. The van der Waals surface area contributed by atoms with E-state index in [1.165, 1.54) is 11.1 Å². The van der Waals surface area contributed by atoms with Crippen LogP contribution in [0.25, 0.3) is 0 Å². The molecule has 2 heteroatoms. The van der Waals surface area contributed by atoms with Gasteiger partial charge in [0.15, 0.2) is 0 Å². The Morgan fingerprint density at radius 3 is 2.33 bits per heavy atom. The van der Waals surface area contributed by atoms with Gasteiger partial charge in [0, 0.05) is 0 Å². The molecule has 0 N–H and O–H groups in total. The summed E-state index contributed by atoms with van der Waals surface area (Å²) in [6.07, 6.45) is 4.24. The average molecular weight is 347 g/mol. The van der Waals surface area contributed by atoms with E-state index in [-0.39, 0.29) is 25.1 Å². The zero-order valence-electron chi connectivity index (χ0n) is 13.5. The molecule has 1 aliphatic carbocycles. The third-order valence-electron chi connectivity index (χ3n) is 4.22. The summed E-state index contributed by atoms with van der Waals surface area (Å²) in [6, 6.07) is 10.1. The molecule has 1 fully saturated rings. The second kappa shape index (κ2) is 6.34. The molecule has 0 aliphatic heterocycles. The van der Waals surface area contributed by atoms with Crippen LogP contribution >= 0.6 is 0 Å². The first kappa shape index (κ1) is 16.3. The molecule has 0 heterocycles. The van der Waals surface area contributed by atoms with Crippen molar-refractivity contribution in [2.45, 2.75) is 34.6 Å². The minimum absolute atomic E-state index is 0.104. The standard InChI is InChI=1S/C19H24OSe/c1-13(2)11-16-18(19(16,4)5)14(3)12-17(20)21-15-9-7-6-8-10-15/h6-12,16,18H,1-5H3/b14-12+/t16-,18-/m1/s1. The van der Waals surface area contributed by atoms with Gasteiger partial charge >= 0.3 is 134 Å². The maximum atomic E-state index is 12.2. The molecule has 1 aliphatic rings. The second-order valence-electron chi connectivity index (χ2n) is 6.69. The minimum atomic E-state index is -0.104. The normalized spacial score (nSPS) is 23.6. The van der Waals surface area contributed by atoms with Crippen molar-refractivity contribution in [2.75, 3.05) is 0 Å². The molecule has 1 aromatic rings. The van der Waals surface area contributed by atoms with Gasteiger partial charge in [-0.25, -0.2) is 0 Å². The molecule has 2 atom stereocenters. The van der Waals surface area contributed by atoms with Crippen molar-refractivity contribution >= 4 is 24.1 Å². The van der Waals surface area contributed by atoms with E-state index < -0.39 is 0 Å². The molecule has 0 amide bonds. The first-order valence-electron chi connectivity index (χ1n) is 7.42. The van der Waals surface area contributed by atoms with Gasteiger partial charge in [0.2, 0.25) is 0 Å². The predicted octanol–water partition coefficient (Wildman–Crippen LogP) is 3.73. The number of hydrogen-bond donors (Lipinski definition) is 0. The van der Waals surface area contributed by atoms with Gasteiger partial charge in [-0.05, 0) is 0 Å². The zero-order chi connectivity index (χ0) is 15.6. The van der Waals surface area contributed by atoms with Gasteiger partial charge in [-0.2, -0.15) is 0 Å². The van der Waals surface area contributed by atoms with Crippen LogP contribution in [0.1, 0.15) is 34.6 Å². The first-order valence-corrected chi connectivity index (χ1v) is 9.13. The molecular formula is C19H24OSe. The SMILES string of the molecule is CC(C)=C[C@@H]1[C@@H](/C(C)=C/C(=O)[Se]c2ccccc2)C1(C)C. The van der Waals surface area contributed by atoms with Gasteiger partial charge in [-0.3, -0.25) is 0 Å². The predicted molar refractivity (Wildman–Crippen MR) is 90.8 cm³/mol. The van der Waals surface area contributed by atoms with E-state index in [2.05, 4.69) is 40.7 Å². The van der Waals surface area contributed by atoms with Gasteiger partial charge in [-0.15, -0.1) is 0 Å². The monoisotopic (exact) mass is 348 g/mol. The average Bonchev–Trinajstić information content (AvgIpc) is 2.90. The molecule has 0 unspecified atom stereocenters. The summed E-state index contributed by atoms with van der Waals surface area (Å²) in [4.78, 5) is 12.2. The van der Waals surface area contributed by atoms with Crippen molar-refractivity contribution in [1.29, 1.82) is 0 Å². The number of hydrogen-bond acceptors (Lipinski definition) is 1. The third kappa shape index (κ3) is 3.96. The molecule has 1 saturated carbocycles. The van der Waals surface area contributed by atoms with Crippen molar-refractivity contribution in [3.63, 3.8) is 0 Å². The van der Waals surface area contributed by atoms with Crippen LogP contribution in [0.2, 0.25) is 0 Å². The second-order valence-corrected chi connectivity index (χ2v) is 8.95. The van der Waals surface area contributed by atoms with Gasteiger partial charge in [-0.1, -0.05) is 0 Å². The Morgan fingerprint density at radius 1 is 1.14 bits per heavy atom. The van der Waals surface area contributed by atoms with Crippen molar-refractivity contribution in [1.82, 2.24) is 0 Å². The van der Waals surface area contributed by atoms with E-state index in [0.717, 1.165) is 4.46 Å². The maximum absolute atomic E-state index is 12.2. The Bertz CT molecular complexity index is 577. The van der Waals surface area contributed by atoms with Gasteiger partial charge in [0.1, 0.15) is 0 Å². The fraction of sp³-hybridized carbons (Fsp3) is 0.421. The number of carbonyl (C=O) groups excluding carboxylic acids is 1. The van der Waals surface area contributed by atoms with Crippen LogP contribution in [0.3, 0.4) is 0 Å².